The number of unbranched alkanes of at least 4 members (excludes halogenated alkanes) is 1. The quantitative estimate of drug-likeness (QED) is 0.311. The molecule has 3 aromatic rings. The van der Waals surface area contributed by atoms with Gasteiger partial charge in [-0.3, -0.25) is 0 Å². The Hall–Kier alpha value is -1.22. The molecule has 130 valence electrons. The molecule has 0 aliphatic carbocycles. The Morgan fingerprint density at radius 2 is 0.960 bits per heavy atom. The van der Waals surface area contributed by atoms with Crippen LogP contribution in [0.2, 0.25) is 0 Å². The SMILES string of the molecule is NCCCCP(I)(c1ccccc1)(c1ccccc1)c1ccccc1. The molecule has 0 aliphatic heterocycles. The van der Waals surface area contributed by atoms with E-state index in [4.69, 9.17) is 5.73 Å². The summed E-state index contributed by atoms with van der Waals surface area (Å²) in [7, 11) is 0. The van der Waals surface area contributed by atoms with Gasteiger partial charge in [0.15, 0.2) is 0 Å². The Morgan fingerprint density at radius 1 is 0.600 bits per heavy atom. The molecule has 0 aromatic heterocycles. The van der Waals surface area contributed by atoms with Gasteiger partial charge in [0.05, 0.1) is 0 Å². The molecule has 1 nitrogen and oxygen atoms in total. The predicted molar refractivity (Wildman–Crippen MR) is 122 cm³/mol. The van der Waals surface area contributed by atoms with Gasteiger partial charge in [-0.2, -0.15) is 0 Å². The van der Waals surface area contributed by atoms with Crippen LogP contribution in [0.3, 0.4) is 0 Å². The van der Waals surface area contributed by atoms with Crippen molar-refractivity contribution in [2.24, 2.45) is 5.73 Å². The summed E-state index contributed by atoms with van der Waals surface area (Å²) >= 11 is 2.84. The monoisotopic (exact) mass is 461 g/mol. The van der Waals surface area contributed by atoms with Gasteiger partial charge in [0, 0.05) is 0 Å². The first-order valence-corrected chi connectivity index (χ1v) is 14.0. The van der Waals surface area contributed by atoms with Crippen LogP contribution in [0.15, 0.2) is 91.0 Å². The third-order valence-electron chi connectivity index (χ3n) is 4.92. The molecule has 0 saturated heterocycles. The predicted octanol–water partition coefficient (Wildman–Crippen LogP) is 4.61. The van der Waals surface area contributed by atoms with Crippen LogP contribution in [-0.2, 0) is 0 Å². The molecule has 3 aromatic carbocycles. The van der Waals surface area contributed by atoms with Crippen molar-refractivity contribution in [3.05, 3.63) is 91.0 Å². The van der Waals surface area contributed by atoms with Crippen LogP contribution in [0, 0.1) is 0 Å². The molecule has 0 spiro atoms. The molecule has 0 heterocycles. The Kier molecular flexibility index (Phi) is 5.93. The second-order valence-electron chi connectivity index (χ2n) is 6.41. The Labute approximate surface area is 164 Å². The van der Waals surface area contributed by atoms with Gasteiger partial charge >= 0.3 is 164 Å². The number of nitrogens with two attached hydrogens (primary N) is 1. The van der Waals surface area contributed by atoms with Crippen LogP contribution >= 0.6 is 26.3 Å². The van der Waals surface area contributed by atoms with Gasteiger partial charge in [-0.25, -0.2) is 0 Å². The van der Waals surface area contributed by atoms with E-state index < -0.39 is 4.25 Å². The van der Waals surface area contributed by atoms with E-state index in [0.29, 0.717) is 0 Å². The van der Waals surface area contributed by atoms with E-state index in [1.807, 2.05) is 0 Å². The van der Waals surface area contributed by atoms with E-state index in [9.17, 15) is 0 Å². The molecular weight excluding hydrogens is 436 g/mol. The van der Waals surface area contributed by atoms with Crippen LogP contribution in [0.4, 0.5) is 0 Å². The maximum atomic E-state index is 5.83. The van der Waals surface area contributed by atoms with Crippen molar-refractivity contribution in [3.8, 4) is 0 Å². The maximum absolute atomic E-state index is 5.83. The number of hydrogen-bond donors (Lipinski definition) is 1. The first-order valence-electron chi connectivity index (χ1n) is 8.80. The average molecular weight is 461 g/mol. The average Bonchev–Trinajstić information content (AvgIpc) is 2.70. The molecule has 0 unspecified atom stereocenters. The molecule has 0 amide bonds. The van der Waals surface area contributed by atoms with Crippen molar-refractivity contribution in [2.75, 3.05) is 12.7 Å². The molecular formula is C22H25INP. The van der Waals surface area contributed by atoms with Crippen LogP contribution in [0.25, 0.3) is 0 Å². The molecule has 0 saturated carbocycles. The van der Waals surface area contributed by atoms with Crippen molar-refractivity contribution < 1.29 is 0 Å². The van der Waals surface area contributed by atoms with E-state index in [2.05, 4.69) is 113 Å². The van der Waals surface area contributed by atoms with E-state index in [1.54, 1.807) is 0 Å². The minimum atomic E-state index is -2.56. The number of rotatable bonds is 7. The van der Waals surface area contributed by atoms with Crippen molar-refractivity contribution >= 4 is 42.2 Å². The van der Waals surface area contributed by atoms with E-state index >= 15 is 0 Å². The second-order valence-corrected chi connectivity index (χ2v) is 17.2. The molecule has 2 N–H and O–H groups in total. The first-order chi connectivity index (χ1) is 12.2. The summed E-state index contributed by atoms with van der Waals surface area (Å²) in [5.74, 6) is 0. The van der Waals surface area contributed by atoms with E-state index in [1.165, 1.54) is 15.9 Å². The summed E-state index contributed by atoms with van der Waals surface area (Å²) in [6, 6.07) is 33.2. The van der Waals surface area contributed by atoms with Gasteiger partial charge in [0.2, 0.25) is 0 Å². The molecule has 0 atom stereocenters. The van der Waals surface area contributed by atoms with Crippen LogP contribution in [0.5, 0.6) is 0 Å². The van der Waals surface area contributed by atoms with Gasteiger partial charge in [0.25, 0.3) is 0 Å². The van der Waals surface area contributed by atoms with Crippen LogP contribution < -0.4 is 21.6 Å². The Balaban J connectivity index is 2.32. The summed E-state index contributed by atoms with van der Waals surface area (Å²) in [4.78, 5) is 0. The van der Waals surface area contributed by atoms with Crippen molar-refractivity contribution in [1.29, 1.82) is 0 Å². The van der Waals surface area contributed by atoms with Crippen molar-refractivity contribution in [1.82, 2.24) is 0 Å². The summed E-state index contributed by atoms with van der Waals surface area (Å²) in [6.07, 6.45) is 3.34. The Morgan fingerprint density at radius 3 is 1.28 bits per heavy atom. The van der Waals surface area contributed by atoms with Gasteiger partial charge in [-0.1, -0.05) is 0 Å². The van der Waals surface area contributed by atoms with Gasteiger partial charge in [-0.15, -0.1) is 0 Å². The molecule has 0 bridgehead atoms. The van der Waals surface area contributed by atoms with Gasteiger partial charge in [0.1, 0.15) is 0 Å². The molecule has 3 rings (SSSR count). The normalized spacial score (nSPS) is 13.1. The van der Waals surface area contributed by atoms with E-state index in [-0.39, 0.29) is 0 Å². The fraction of sp³-hybridized carbons (Fsp3) is 0.182. The second kappa shape index (κ2) is 7.99. The Bertz CT molecular complexity index is 691. The van der Waals surface area contributed by atoms with Crippen LogP contribution in [0.1, 0.15) is 12.8 Å². The number of halogens is 1. The third-order valence-corrected chi connectivity index (χ3v) is 16.7. The molecule has 3 heteroatoms. The first kappa shape index (κ1) is 18.6. The molecule has 0 aliphatic rings. The topological polar surface area (TPSA) is 26.0 Å². The summed E-state index contributed by atoms with van der Waals surface area (Å²) < 4.78 is -2.56. The molecule has 25 heavy (non-hydrogen) atoms. The molecule has 0 fully saturated rings. The fourth-order valence-electron chi connectivity index (χ4n) is 3.60. The van der Waals surface area contributed by atoms with E-state index in [0.717, 1.165) is 25.5 Å². The minimum absolute atomic E-state index is 0.751. The standard InChI is InChI=1S/C22H25INP/c23-25(19-11-10-18-24,20-12-4-1-5-13-20,21-14-6-2-7-15-21)22-16-8-3-9-17-22/h1-9,12-17H,10-11,18-19,24H2. The zero-order chi connectivity index (χ0) is 17.6. The number of benzene rings is 3. The zero-order valence-electron chi connectivity index (χ0n) is 14.4. The summed E-state index contributed by atoms with van der Waals surface area (Å²) in [5.41, 5.74) is 5.83. The number of hydrogen-bond acceptors (Lipinski definition) is 1. The van der Waals surface area contributed by atoms with Crippen molar-refractivity contribution in [3.63, 3.8) is 0 Å². The zero-order valence-corrected chi connectivity index (χ0v) is 17.4. The van der Waals surface area contributed by atoms with Crippen LogP contribution in [-0.4, -0.2) is 12.7 Å². The molecule has 0 radical (unpaired) electrons. The third kappa shape index (κ3) is 3.40. The van der Waals surface area contributed by atoms with Gasteiger partial charge in [-0.05, 0) is 0 Å². The van der Waals surface area contributed by atoms with Crippen molar-refractivity contribution in [2.45, 2.75) is 12.8 Å². The van der Waals surface area contributed by atoms with Gasteiger partial charge < -0.3 is 0 Å². The summed E-state index contributed by atoms with van der Waals surface area (Å²) in [5, 5.41) is 4.34. The summed E-state index contributed by atoms with van der Waals surface area (Å²) in [6.45, 7) is 0.751. The fourth-order valence-corrected chi connectivity index (χ4v) is 12.4.